The highest BCUT2D eigenvalue weighted by Crippen LogP contribution is 2.29. The van der Waals surface area contributed by atoms with Crippen molar-refractivity contribution in [3.05, 3.63) is 70.9 Å². The molecule has 0 saturated carbocycles. The van der Waals surface area contributed by atoms with Gasteiger partial charge in [-0.15, -0.1) is 0 Å². The zero-order valence-electron chi connectivity index (χ0n) is 21.2. The van der Waals surface area contributed by atoms with Gasteiger partial charge in [-0.05, 0) is 99.5 Å². The fourth-order valence-electron chi connectivity index (χ4n) is 5.36. The number of pyridine rings is 1. The molecule has 2 atom stereocenters. The zero-order chi connectivity index (χ0) is 27.2. The molecule has 2 N–H and O–H groups in total. The van der Waals surface area contributed by atoms with Crippen LogP contribution < -0.4 is 10.2 Å². The number of amides is 1. The quantitative estimate of drug-likeness (QED) is 0.159. The highest BCUT2D eigenvalue weighted by atomic mass is 19.2. The molecule has 3 aromatic rings. The lowest BCUT2D eigenvalue weighted by Crippen LogP contribution is -2.46. The van der Waals surface area contributed by atoms with E-state index in [-0.39, 0.29) is 17.8 Å². The number of rotatable bonds is 10. The van der Waals surface area contributed by atoms with Crippen molar-refractivity contribution in [3.63, 3.8) is 0 Å². The van der Waals surface area contributed by atoms with E-state index in [0.717, 1.165) is 12.1 Å². The molecule has 1 aromatic heterocycles. The van der Waals surface area contributed by atoms with Gasteiger partial charge >= 0.3 is 0 Å². The lowest BCUT2D eigenvalue weighted by Gasteiger charge is -2.39. The molecule has 2 heterocycles. The van der Waals surface area contributed by atoms with Crippen molar-refractivity contribution >= 4 is 16.8 Å². The second-order valence-corrected chi connectivity index (χ2v) is 9.72. The zero-order valence-corrected chi connectivity index (χ0v) is 21.2. The predicted molar refractivity (Wildman–Crippen MR) is 134 cm³/mol. The van der Waals surface area contributed by atoms with E-state index >= 15 is 0 Å². The number of nitrogens with one attached hydrogen (secondary N) is 1. The predicted octanol–water partition coefficient (Wildman–Crippen LogP) is 5.34. The van der Waals surface area contributed by atoms with Crippen molar-refractivity contribution in [3.8, 4) is 5.75 Å². The van der Waals surface area contributed by atoms with Gasteiger partial charge < -0.3 is 9.64 Å². The van der Waals surface area contributed by atoms with E-state index in [1.165, 1.54) is 6.20 Å². The van der Waals surface area contributed by atoms with Crippen LogP contribution in [0.25, 0.3) is 10.9 Å². The summed E-state index contributed by atoms with van der Waals surface area (Å²) in [7, 11) is 1.55. The van der Waals surface area contributed by atoms with Crippen molar-refractivity contribution in [2.75, 3.05) is 20.2 Å². The number of piperidine rings is 1. The van der Waals surface area contributed by atoms with Crippen LogP contribution in [0.4, 0.5) is 17.6 Å². The van der Waals surface area contributed by atoms with Crippen LogP contribution in [-0.2, 0) is 17.6 Å². The summed E-state index contributed by atoms with van der Waals surface area (Å²) in [6.07, 6.45) is 5.06. The largest absolute Gasteiger partial charge is 0.497 e. The van der Waals surface area contributed by atoms with E-state index in [2.05, 4.69) is 9.88 Å². The summed E-state index contributed by atoms with van der Waals surface area (Å²) in [5.74, 6) is -4.43. The fraction of sp³-hybridized carbons (Fsp3) is 0.429. The molecule has 204 valence electrons. The van der Waals surface area contributed by atoms with Gasteiger partial charge in [0.15, 0.2) is 17.5 Å². The van der Waals surface area contributed by atoms with Gasteiger partial charge in [0.05, 0.1) is 18.8 Å². The van der Waals surface area contributed by atoms with Gasteiger partial charge in [-0.1, -0.05) is 0 Å². The van der Waals surface area contributed by atoms with Crippen LogP contribution in [0.1, 0.15) is 43.2 Å². The second-order valence-electron chi connectivity index (χ2n) is 9.72. The van der Waals surface area contributed by atoms with Gasteiger partial charge in [-0.2, -0.15) is 0 Å². The van der Waals surface area contributed by atoms with Gasteiger partial charge in [0.2, 0.25) is 5.91 Å². The Balaban J connectivity index is 1.42. The standard InChI is InChI=1S/C28H31F4N3O3/c1-38-20-7-8-26-22(15-20)21(25(31)16-33-26)6-2-5-19-14-18(28(36)34-37)9-11-35(19)10-3-4-17-12-23(29)27(32)24(30)13-17/h7-8,12-13,15-16,18-19,37H,2-6,9-11,14H2,1H3,(H,34,36). The molecule has 2 unspecified atom stereocenters. The first-order valence-corrected chi connectivity index (χ1v) is 12.7. The van der Waals surface area contributed by atoms with Gasteiger partial charge in [0, 0.05) is 17.3 Å². The maximum absolute atomic E-state index is 14.7. The van der Waals surface area contributed by atoms with Crippen molar-refractivity contribution in [2.45, 2.75) is 51.0 Å². The molecule has 1 aliphatic rings. The van der Waals surface area contributed by atoms with Gasteiger partial charge in [-0.3, -0.25) is 15.0 Å². The molecule has 0 aliphatic carbocycles. The number of nitrogens with zero attached hydrogens (tertiary/aromatic N) is 2. The lowest BCUT2D eigenvalue weighted by molar-refractivity contribution is -0.135. The number of aryl methyl sites for hydroxylation is 2. The Labute approximate surface area is 218 Å². The Bertz CT molecular complexity index is 1270. The number of methoxy groups -OCH3 is 1. The van der Waals surface area contributed by atoms with Crippen LogP contribution in [0.2, 0.25) is 0 Å². The number of likely N-dealkylation sites (tertiary alicyclic amines) is 1. The first-order valence-electron chi connectivity index (χ1n) is 12.7. The molecule has 6 nitrogen and oxygen atoms in total. The molecular formula is C28H31F4N3O3. The van der Waals surface area contributed by atoms with E-state index in [4.69, 9.17) is 9.94 Å². The smallest absolute Gasteiger partial charge is 0.246 e. The van der Waals surface area contributed by atoms with E-state index in [1.807, 2.05) is 0 Å². The summed E-state index contributed by atoms with van der Waals surface area (Å²) in [6, 6.07) is 7.36. The number of ether oxygens (including phenoxy) is 1. The van der Waals surface area contributed by atoms with Crippen LogP contribution in [0, 0.1) is 29.2 Å². The third-order valence-electron chi connectivity index (χ3n) is 7.37. The molecule has 0 spiro atoms. The number of hydroxylamine groups is 1. The van der Waals surface area contributed by atoms with E-state index in [9.17, 15) is 22.4 Å². The number of fused-ring (bicyclic) bond motifs is 1. The molecule has 1 fully saturated rings. The van der Waals surface area contributed by atoms with Gasteiger partial charge in [-0.25, -0.2) is 23.0 Å². The summed E-state index contributed by atoms with van der Waals surface area (Å²) >= 11 is 0. The topological polar surface area (TPSA) is 74.7 Å². The van der Waals surface area contributed by atoms with Gasteiger partial charge in [0.1, 0.15) is 11.6 Å². The Morgan fingerprint density at radius 3 is 2.58 bits per heavy atom. The normalized spacial score (nSPS) is 18.1. The van der Waals surface area contributed by atoms with Crippen molar-refractivity contribution in [2.24, 2.45) is 5.92 Å². The summed E-state index contributed by atoms with van der Waals surface area (Å²) in [5.41, 5.74) is 3.35. The number of hydrogen-bond donors (Lipinski definition) is 2. The molecule has 10 heteroatoms. The lowest BCUT2D eigenvalue weighted by atomic mass is 9.87. The summed E-state index contributed by atoms with van der Waals surface area (Å²) in [4.78, 5) is 18.5. The average molecular weight is 534 g/mol. The molecule has 0 bridgehead atoms. The molecule has 0 radical (unpaired) electrons. The highest BCUT2D eigenvalue weighted by molar-refractivity contribution is 5.83. The molecule has 1 amide bonds. The monoisotopic (exact) mass is 533 g/mol. The van der Waals surface area contributed by atoms with Crippen LogP contribution in [0.15, 0.2) is 36.5 Å². The number of carbonyl (C=O) groups excluding carboxylic acids is 1. The minimum Gasteiger partial charge on any atom is -0.497 e. The first kappa shape index (κ1) is 27.8. The van der Waals surface area contributed by atoms with Crippen LogP contribution in [-0.4, -0.2) is 47.2 Å². The molecule has 1 aliphatic heterocycles. The molecule has 1 saturated heterocycles. The van der Waals surface area contributed by atoms with Gasteiger partial charge in [0.25, 0.3) is 0 Å². The number of hydrogen-bond acceptors (Lipinski definition) is 5. The summed E-state index contributed by atoms with van der Waals surface area (Å²) in [5, 5.41) is 9.81. The van der Waals surface area contributed by atoms with E-state index in [0.29, 0.717) is 85.8 Å². The first-order chi connectivity index (χ1) is 18.3. The van der Waals surface area contributed by atoms with E-state index in [1.54, 1.807) is 30.8 Å². The Kier molecular flexibility index (Phi) is 9.17. The maximum atomic E-state index is 14.7. The highest BCUT2D eigenvalue weighted by Gasteiger charge is 2.31. The number of aromatic nitrogens is 1. The van der Waals surface area contributed by atoms with Crippen molar-refractivity contribution in [1.29, 1.82) is 0 Å². The minimum absolute atomic E-state index is 0.00145. The second kappa shape index (κ2) is 12.5. The summed E-state index contributed by atoms with van der Waals surface area (Å²) < 4.78 is 60.4. The number of halogens is 4. The van der Waals surface area contributed by atoms with Crippen LogP contribution in [0.3, 0.4) is 0 Å². The Morgan fingerprint density at radius 1 is 1.11 bits per heavy atom. The maximum Gasteiger partial charge on any atom is 0.246 e. The molecule has 38 heavy (non-hydrogen) atoms. The molecule has 2 aromatic carbocycles. The van der Waals surface area contributed by atoms with Crippen molar-refractivity contribution < 1.29 is 32.3 Å². The SMILES string of the molecule is COc1ccc2ncc(F)c(CCCC3CC(C(=O)NO)CCN3CCCc3cc(F)c(F)c(F)c3)c2c1. The summed E-state index contributed by atoms with van der Waals surface area (Å²) in [6.45, 7) is 1.22. The Hall–Kier alpha value is -3.24. The van der Waals surface area contributed by atoms with E-state index < -0.39 is 23.4 Å². The van der Waals surface area contributed by atoms with Crippen LogP contribution in [0.5, 0.6) is 5.75 Å². The van der Waals surface area contributed by atoms with Crippen LogP contribution >= 0.6 is 0 Å². The number of benzene rings is 2. The van der Waals surface area contributed by atoms with Crippen molar-refractivity contribution in [1.82, 2.24) is 15.4 Å². The Morgan fingerprint density at radius 2 is 1.87 bits per heavy atom. The third-order valence-corrected chi connectivity index (χ3v) is 7.37. The fourth-order valence-corrected chi connectivity index (χ4v) is 5.36. The number of carbonyl (C=O) groups is 1. The average Bonchev–Trinajstić information content (AvgIpc) is 2.92. The minimum atomic E-state index is -1.48. The molecule has 4 rings (SSSR count). The molecular weight excluding hydrogens is 502 g/mol. The third kappa shape index (κ3) is 6.42.